The second kappa shape index (κ2) is 5.74. The molecule has 1 unspecified atom stereocenters. The van der Waals surface area contributed by atoms with E-state index in [0.29, 0.717) is 12.5 Å². The highest BCUT2D eigenvalue weighted by atomic mass is 35.5. The van der Waals surface area contributed by atoms with Crippen LogP contribution in [0.5, 0.6) is 0 Å². The number of carbonyl (C=O) groups is 1. The van der Waals surface area contributed by atoms with Crippen LogP contribution in [0.1, 0.15) is 37.7 Å². The van der Waals surface area contributed by atoms with Crippen LogP contribution >= 0.6 is 11.6 Å². The third kappa shape index (κ3) is 3.15. The minimum atomic E-state index is 0.129. The molecular weight excluding hydrogens is 272 g/mol. The Morgan fingerprint density at radius 2 is 2.30 bits per heavy atom. The zero-order valence-corrected chi connectivity index (χ0v) is 12.4. The highest BCUT2D eigenvalue weighted by molar-refractivity contribution is 6.30. The molecule has 0 bridgehead atoms. The first-order chi connectivity index (χ1) is 9.68. The van der Waals surface area contributed by atoms with E-state index in [0.717, 1.165) is 37.4 Å². The lowest BCUT2D eigenvalue weighted by molar-refractivity contribution is -0.121. The summed E-state index contributed by atoms with van der Waals surface area (Å²) in [5.41, 5.74) is 1.38. The molecule has 2 N–H and O–H groups in total. The van der Waals surface area contributed by atoms with Gasteiger partial charge in [-0.2, -0.15) is 0 Å². The van der Waals surface area contributed by atoms with Crippen LogP contribution in [0, 0.1) is 0 Å². The number of benzene rings is 1. The summed E-state index contributed by atoms with van der Waals surface area (Å²) in [6.07, 6.45) is 5.17. The maximum atomic E-state index is 12.0. The minimum Gasteiger partial charge on any atom is -0.355 e. The van der Waals surface area contributed by atoms with Gasteiger partial charge in [0.2, 0.25) is 5.91 Å². The van der Waals surface area contributed by atoms with Gasteiger partial charge >= 0.3 is 0 Å². The zero-order valence-electron chi connectivity index (χ0n) is 11.6. The fourth-order valence-corrected chi connectivity index (χ4v) is 3.22. The van der Waals surface area contributed by atoms with Crippen LogP contribution in [0.2, 0.25) is 5.02 Å². The molecule has 0 aromatic heterocycles. The minimum absolute atomic E-state index is 0.129. The number of halogens is 1. The number of hydrogen-bond donors (Lipinski definition) is 2. The number of hydrogen-bond acceptors (Lipinski definition) is 2. The van der Waals surface area contributed by atoms with E-state index >= 15 is 0 Å². The van der Waals surface area contributed by atoms with E-state index in [4.69, 9.17) is 11.6 Å². The van der Waals surface area contributed by atoms with Crippen molar-refractivity contribution in [2.75, 3.05) is 13.1 Å². The maximum Gasteiger partial charge on any atom is 0.221 e. The average Bonchev–Trinajstić information content (AvgIpc) is 3.07. The van der Waals surface area contributed by atoms with E-state index in [2.05, 4.69) is 16.7 Å². The molecule has 1 saturated carbocycles. The highest BCUT2D eigenvalue weighted by Crippen LogP contribution is 2.48. The summed E-state index contributed by atoms with van der Waals surface area (Å²) in [5, 5.41) is 7.24. The summed E-state index contributed by atoms with van der Waals surface area (Å²) < 4.78 is 0. The van der Waals surface area contributed by atoms with Gasteiger partial charge in [-0.25, -0.2) is 0 Å². The van der Waals surface area contributed by atoms with Gasteiger partial charge in [-0.1, -0.05) is 23.7 Å². The van der Waals surface area contributed by atoms with E-state index in [1.54, 1.807) is 0 Å². The van der Waals surface area contributed by atoms with Crippen LogP contribution < -0.4 is 10.6 Å². The molecule has 2 fully saturated rings. The van der Waals surface area contributed by atoms with Gasteiger partial charge in [-0.15, -0.1) is 0 Å². The quantitative estimate of drug-likeness (QED) is 0.876. The van der Waals surface area contributed by atoms with E-state index < -0.39 is 0 Å². The molecule has 1 aliphatic carbocycles. The van der Waals surface area contributed by atoms with E-state index in [1.807, 2.05) is 18.2 Å². The van der Waals surface area contributed by atoms with Gasteiger partial charge in [0.05, 0.1) is 0 Å². The van der Waals surface area contributed by atoms with Crippen molar-refractivity contribution in [3.8, 4) is 0 Å². The molecule has 0 spiro atoms. The van der Waals surface area contributed by atoms with Crippen molar-refractivity contribution in [2.45, 2.75) is 43.6 Å². The molecule has 3 nitrogen and oxygen atoms in total. The summed E-state index contributed by atoms with van der Waals surface area (Å²) in [5.74, 6) is 0.165. The summed E-state index contributed by atoms with van der Waals surface area (Å²) in [4.78, 5) is 12.0. The van der Waals surface area contributed by atoms with Crippen LogP contribution in [0.15, 0.2) is 24.3 Å². The predicted molar refractivity (Wildman–Crippen MR) is 81.0 cm³/mol. The van der Waals surface area contributed by atoms with Crippen LogP contribution in [-0.4, -0.2) is 25.0 Å². The second-order valence-corrected chi connectivity index (χ2v) is 6.50. The molecule has 1 aromatic rings. The molecule has 1 saturated heterocycles. The molecule has 1 atom stereocenters. The standard InChI is InChI=1S/C16H21ClN2O/c17-13-4-1-3-12(9-13)16(6-7-16)11-19-15(20)10-14-5-2-8-18-14/h1,3-4,9,14,18H,2,5-8,10-11H2,(H,19,20). The number of nitrogens with one attached hydrogen (secondary N) is 2. The molecule has 4 heteroatoms. The topological polar surface area (TPSA) is 41.1 Å². The molecule has 1 aromatic carbocycles. The van der Waals surface area contributed by atoms with E-state index in [-0.39, 0.29) is 11.3 Å². The highest BCUT2D eigenvalue weighted by Gasteiger charge is 2.44. The SMILES string of the molecule is O=C(CC1CCCN1)NCC1(c2cccc(Cl)c2)CC1. The summed E-state index contributed by atoms with van der Waals surface area (Å²) >= 11 is 6.06. The fraction of sp³-hybridized carbons (Fsp3) is 0.562. The molecular formula is C16H21ClN2O. The summed E-state index contributed by atoms with van der Waals surface area (Å²) in [6, 6.07) is 8.40. The van der Waals surface area contributed by atoms with Crippen molar-refractivity contribution in [1.29, 1.82) is 0 Å². The molecule has 3 rings (SSSR count). The van der Waals surface area contributed by atoms with Crippen LogP contribution in [-0.2, 0) is 10.2 Å². The Balaban J connectivity index is 1.53. The Bertz CT molecular complexity index is 493. The summed E-state index contributed by atoms with van der Waals surface area (Å²) in [6.45, 7) is 1.78. The molecule has 1 amide bonds. The lowest BCUT2D eigenvalue weighted by Gasteiger charge is -2.18. The van der Waals surface area contributed by atoms with Crippen LogP contribution in [0.3, 0.4) is 0 Å². The number of carbonyl (C=O) groups excluding carboxylic acids is 1. The third-order valence-corrected chi connectivity index (χ3v) is 4.74. The Kier molecular flexibility index (Phi) is 3.99. The van der Waals surface area contributed by atoms with Crippen molar-refractivity contribution in [1.82, 2.24) is 10.6 Å². The Morgan fingerprint density at radius 1 is 1.45 bits per heavy atom. The largest absolute Gasteiger partial charge is 0.355 e. The fourth-order valence-electron chi connectivity index (χ4n) is 3.03. The number of rotatable bonds is 5. The predicted octanol–water partition coefficient (Wildman–Crippen LogP) is 2.63. The monoisotopic (exact) mass is 292 g/mol. The second-order valence-electron chi connectivity index (χ2n) is 6.06. The van der Waals surface area contributed by atoms with Gasteiger partial charge in [0.15, 0.2) is 0 Å². The molecule has 1 aliphatic heterocycles. The van der Waals surface area contributed by atoms with Crippen molar-refractivity contribution >= 4 is 17.5 Å². The van der Waals surface area contributed by atoms with Crippen molar-refractivity contribution < 1.29 is 4.79 Å². The first-order valence-corrected chi connectivity index (χ1v) is 7.82. The van der Waals surface area contributed by atoms with Crippen molar-refractivity contribution in [3.05, 3.63) is 34.9 Å². The smallest absolute Gasteiger partial charge is 0.221 e. The first-order valence-electron chi connectivity index (χ1n) is 7.44. The van der Waals surface area contributed by atoms with Crippen LogP contribution in [0.25, 0.3) is 0 Å². The van der Waals surface area contributed by atoms with Crippen LogP contribution in [0.4, 0.5) is 0 Å². The molecule has 0 radical (unpaired) electrons. The molecule has 20 heavy (non-hydrogen) atoms. The van der Waals surface area contributed by atoms with Crippen molar-refractivity contribution in [2.24, 2.45) is 0 Å². The average molecular weight is 293 g/mol. The normalized spacial score (nSPS) is 23.6. The Morgan fingerprint density at radius 3 is 2.95 bits per heavy atom. The van der Waals surface area contributed by atoms with Gasteiger partial charge in [0, 0.05) is 29.4 Å². The maximum absolute atomic E-state index is 12.0. The lowest BCUT2D eigenvalue weighted by atomic mass is 9.96. The Labute approximate surface area is 125 Å². The molecule has 108 valence electrons. The van der Waals surface area contributed by atoms with Crippen molar-refractivity contribution in [3.63, 3.8) is 0 Å². The first kappa shape index (κ1) is 13.9. The van der Waals surface area contributed by atoms with Gasteiger partial charge in [-0.05, 0) is 49.9 Å². The van der Waals surface area contributed by atoms with Gasteiger partial charge in [0.25, 0.3) is 0 Å². The van der Waals surface area contributed by atoms with Gasteiger partial charge in [-0.3, -0.25) is 4.79 Å². The number of amides is 1. The molecule has 1 heterocycles. The van der Waals surface area contributed by atoms with E-state index in [1.165, 1.54) is 12.0 Å². The van der Waals surface area contributed by atoms with E-state index in [9.17, 15) is 4.79 Å². The zero-order chi connectivity index (χ0) is 14.0. The lowest BCUT2D eigenvalue weighted by Crippen LogP contribution is -2.36. The third-order valence-electron chi connectivity index (χ3n) is 4.51. The summed E-state index contributed by atoms with van der Waals surface area (Å²) in [7, 11) is 0. The molecule has 2 aliphatic rings. The van der Waals surface area contributed by atoms with Gasteiger partial charge < -0.3 is 10.6 Å². The van der Waals surface area contributed by atoms with Gasteiger partial charge in [0.1, 0.15) is 0 Å². The Hall–Kier alpha value is -1.06.